The van der Waals surface area contributed by atoms with Crippen molar-refractivity contribution in [2.75, 3.05) is 56.9 Å². The fourth-order valence-electron chi connectivity index (χ4n) is 4.28. The molecule has 2 aromatic carbocycles. The average molecular weight is 545 g/mol. The molecule has 1 heterocycles. The first-order valence-corrected chi connectivity index (χ1v) is 13.2. The second-order valence-electron chi connectivity index (χ2n) is 9.92. The molecule has 0 atom stereocenters. The number of hydrogen-bond acceptors (Lipinski definition) is 7. The molecule has 212 valence electrons. The maximum Gasteiger partial charge on any atom is 0.247 e. The molecule has 10 nitrogen and oxygen atoms in total. The van der Waals surface area contributed by atoms with Gasteiger partial charge in [0.2, 0.25) is 5.91 Å². The third-order valence-electron chi connectivity index (χ3n) is 6.32. The number of allylic oxidation sites excluding steroid dienone is 1. The number of fused-ring (bicyclic) bond motifs is 1. The molecule has 1 amide bonds. The Bertz CT molecular complexity index is 1400. The van der Waals surface area contributed by atoms with Gasteiger partial charge in [-0.3, -0.25) is 9.48 Å². The number of benzene rings is 2. The summed E-state index contributed by atoms with van der Waals surface area (Å²) in [6, 6.07) is 9.96. The first-order chi connectivity index (χ1) is 19.2. The van der Waals surface area contributed by atoms with Gasteiger partial charge in [-0.25, -0.2) is 4.99 Å². The van der Waals surface area contributed by atoms with E-state index in [1.165, 1.54) is 12.3 Å². The first-order valence-electron chi connectivity index (χ1n) is 13.2. The quantitative estimate of drug-likeness (QED) is 0.145. The lowest BCUT2D eigenvalue weighted by Gasteiger charge is -2.25. The Morgan fingerprint density at radius 2 is 1.98 bits per heavy atom. The van der Waals surface area contributed by atoms with E-state index in [0.29, 0.717) is 22.8 Å². The van der Waals surface area contributed by atoms with E-state index in [2.05, 4.69) is 51.0 Å². The third-order valence-corrected chi connectivity index (χ3v) is 6.32. The highest BCUT2D eigenvalue weighted by Gasteiger charge is 2.15. The Hall–Kier alpha value is -4.44. The SMILES string of the molecule is C=CC(=O)Nc1cc(N/C=N/C(=C\C=N)c2ccc3c(cnn3C(C)C)c2)c(OC)cc1N(C)CCCN(C)C. The molecule has 0 aliphatic rings. The lowest BCUT2D eigenvalue weighted by molar-refractivity contribution is -0.111. The second-order valence-corrected chi connectivity index (χ2v) is 9.92. The summed E-state index contributed by atoms with van der Waals surface area (Å²) in [4.78, 5) is 21.0. The predicted octanol–water partition coefficient (Wildman–Crippen LogP) is 5.27. The van der Waals surface area contributed by atoms with Crippen LogP contribution in [0, 0.1) is 5.41 Å². The minimum atomic E-state index is -0.305. The lowest BCUT2D eigenvalue weighted by Crippen LogP contribution is -2.24. The Kier molecular flexibility index (Phi) is 10.6. The first kappa shape index (κ1) is 30.1. The van der Waals surface area contributed by atoms with Crippen LogP contribution < -0.4 is 20.3 Å². The van der Waals surface area contributed by atoms with Gasteiger partial charge >= 0.3 is 0 Å². The average Bonchev–Trinajstić information content (AvgIpc) is 3.36. The fraction of sp³-hybridized carbons (Fsp3) is 0.333. The molecule has 0 bridgehead atoms. The standard InChI is InChI=1S/C30H40N8O2/c1-8-30(39)35-25-17-26(29(40-7)18-28(25)37(6)15-9-14-36(4)5)33-20-32-24(12-13-31)22-10-11-27-23(16-22)19-34-38(27)21(2)3/h8,10-13,16-21,31H,1,9,14-15H2,2-7H3,(H,32,33)(H,35,39)/b24-12-,31-13?. The van der Waals surface area contributed by atoms with Crippen molar-refractivity contribution in [1.29, 1.82) is 5.41 Å². The van der Waals surface area contributed by atoms with Crippen molar-refractivity contribution in [3.05, 3.63) is 60.8 Å². The molecule has 0 aliphatic carbocycles. The van der Waals surface area contributed by atoms with Crippen molar-refractivity contribution >= 4 is 52.1 Å². The Morgan fingerprint density at radius 3 is 2.62 bits per heavy atom. The topological polar surface area (TPSA) is 111 Å². The third kappa shape index (κ3) is 7.57. The molecule has 0 unspecified atom stereocenters. The van der Waals surface area contributed by atoms with Gasteiger partial charge in [0.15, 0.2) is 0 Å². The van der Waals surface area contributed by atoms with Crippen molar-refractivity contribution < 1.29 is 9.53 Å². The van der Waals surface area contributed by atoms with Crippen molar-refractivity contribution in [3.63, 3.8) is 0 Å². The van der Waals surface area contributed by atoms with Crippen LogP contribution >= 0.6 is 0 Å². The van der Waals surface area contributed by atoms with E-state index >= 15 is 0 Å². The normalized spacial score (nSPS) is 11.8. The van der Waals surface area contributed by atoms with Crippen molar-refractivity contribution in [2.24, 2.45) is 4.99 Å². The van der Waals surface area contributed by atoms with Gasteiger partial charge in [-0.15, -0.1) is 0 Å². The summed E-state index contributed by atoms with van der Waals surface area (Å²) in [5.41, 5.74) is 4.58. The van der Waals surface area contributed by atoms with Gasteiger partial charge in [0.05, 0.1) is 47.9 Å². The molecule has 0 fully saturated rings. The maximum absolute atomic E-state index is 12.2. The molecule has 0 saturated carbocycles. The summed E-state index contributed by atoms with van der Waals surface area (Å²) in [5.74, 6) is 0.290. The van der Waals surface area contributed by atoms with Crippen LogP contribution in [0.3, 0.4) is 0 Å². The van der Waals surface area contributed by atoms with Crippen LogP contribution in [0.1, 0.15) is 31.9 Å². The van der Waals surface area contributed by atoms with Crippen LogP contribution in [0.4, 0.5) is 17.1 Å². The summed E-state index contributed by atoms with van der Waals surface area (Å²) in [6.07, 6.45) is 8.43. The number of carbonyl (C=O) groups excluding carboxylic acids is 1. The number of nitrogens with zero attached hydrogens (tertiary/aromatic N) is 5. The number of rotatable bonds is 14. The molecule has 1 aromatic heterocycles. The molecule has 3 N–H and O–H groups in total. The zero-order chi connectivity index (χ0) is 29.2. The minimum absolute atomic E-state index is 0.252. The van der Waals surface area contributed by atoms with E-state index in [9.17, 15) is 4.79 Å². The Morgan fingerprint density at radius 1 is 1.20 bits per heavy atom. The van der Waals surface area contributed by atoms with Gasteiger partial charge in [0.1, 0.15) is 5.75 Å². The smallest absolute Gasteiger partial charge is 0.247 e. The van der Waals surface area contributed by atoms with Gasteiger partial charge in [-0.1, -0.05) is 12.6 Å². The number of carbonyl (C=O) groups is 1. The van der Waals surface area contributed by atoms with E-state index in [1.54, 1.807) is 19.5 Å². The van der Waals surface area contributed by atoms with E-state index in [4.69, 9.17) is 10.1 Å². The second kappa shape index (κ2) is 14.1. The highest BCUT2D eigenvalue weighted by molar-refractivity contribution is 6.02. The maximum atomic E-state index is 12.2. The van der Waals surface area contributed by atoms with Crippen molar-refractivity contribution in [2.45, 2.75) is 26.3 Å². The van der Waals surface area contributed by atoms with E-state index < -0.39 is 0 Å². The van der Waals surface area contributed by atoms with Crippen LogP contribution in [-0.4, -0.2) is 74.5 Å². The number of amides is 1. The van der Waals surface area contributed by atoms with E-state index in [-0.39, 0.29) is 11.9 Å². The molecule has 0 saturated heterocycles. The molecule has 40 heavy (non-hydrogen) atoms. The minimum Gasteiger partial charge on any atom is -0.494 e. The zero-order valence-electron chi connectivity index (χ0n) is 24.2. The van der Waals surface area contributed by atoms with Gasteiger partial charge < -0.3 is 30.6 Å². The van der Waals surface area contributed by atoms with Crippen LogP contribution in [-0.2, 0) is 4.79 Å². The highest BCUT2D eigenvalue weighted by Crippen LogP contribution is 2.37. The largest absolute Gasteiger partial charge is 0.494 e. The number of nitrogens with one attached hydrogen (secondary N) is 3. The van der Waals surface area contributed by atoms with Crippen molar-refractivity contribution in [1.82, 2.24) is 14.7 Å². The summed E-state index contributed by atoms with van der Waals surface area (Å²) in [6.45, 7) is 9.51. The van der Waals surface area contributed by atoms with Crippen LogP contribution in [0.15, 0.2) is 60.3 Å². The molecule has 0 spiro atoms. The number of aromatic nitrogens is 2. The van der Waals surface area contributed by atoms with Gasteiger partial charge in [-0.2, -0.15) is 5.10 Å². The number of hydrogen-bond donors (Lipinski definition) is 3. The Labute approximate surface area is 236 Å². The zero-order valence-corrected chi connectivity index (χ0v) is 24.2. The number of aliphatic imine (C=N–C) groups is 1. The molecular weight excluding hydrogens is 504 g/mol. The summed E-state index contributed by atoms with van der Waals surface area (Å²) < 4.78 is 7.65. The van der Waals surface area contributed by atoms with Crippen LogP contribution in [0.2, 0.25) is 0 Å². The highest BCUT2D eigenvalue weighted by atomic mass is 16.5. The number of methoxy groups -OCH3 is 1. The summed E-state index contributed by atoms with van der Waals surface area (Å²) in [7, 11) is 7.67. The van der Waals surface area contributed by atoms with Crippen LogP contribution in [0.5, 0.6) is 5.75 Å². The molecule has 0 aliphatic heterocycles. The monoisotopic (exact) mass is 544 g/mol. The van der Waals surface area contributed by atoms with E-state index in [0.717, 1.165) is 41.7 Å². The van der Waals surface area contributed by atoms with E-state index in [1.807, 2.05) is 62.4 Å². The summed E-state index contributed by atoms with van der Waals surface area (Å²) in [5, 5.41) is 19.2. The molecule has 10 heteroatoms. The number of anilines is 3. The molecule has 3 aromatic rings. The molecule has 3 rings (SSSR count). The predicted molar refractivity (Wildman–Crippen MR) is 167 cm³/mol. The summed E-state index contributed by atoms with van der Waals surface area (Å²) >= 11 is 0. The fourth-order valence-corrected chi connectivity index (χ4v) is 4.28. The van der Waals surface area contributed by atoms with Gasteiger partial charge in [0.25, 0.3) is 0 Å². The van der Waals surface area contributed by atoms with Crippen molar-refractivity contribution in [3.8, 4) is 5.75 Å². The Balaban J connectivity index is 1.89. The van der Waals surface area contributed by atoms with Crippen LogP contribution in [0.25, 0.3) is 16.6 Å². The molecule has 0 radical (unpaired) electrons. The van der Waals surface area contributed by atoms with Gasteiger partial charge in [-0.05, 0) is 71.3 Å². The number of ether oxygens (including phenoxy) is 1. The van der Waals surface area contributed by atoms with Gasteiger partial charge in [0, 0.05) is 42.9 Å². The lowest BCUT2D eigenvalue weighted by atomic mass is 10.1. The molecular formula is C30H40N8O2.